The topological polar surface area (TPSA) is 38.3 Å². The number of nitrogens with one attached hydrogen (secondary N) is 1. The van der Waals surface area contributed by atoms with E-state index >= 15 is 0 Å². The fourth-order valence-corrected chi connectivity index (χ4v) is 2.42. The van der Waals surface area contributed by atoms with Crippen LogP contribution in [0.25, 0.3) is 0 Å². The number of halogens is 2. The second-order valence-corrected chi connectivity index (χ2v) is 5.54. The van der Waals surface area contributed by atoms with Gasteiger partial charge in [-0.1, -0.05) is 29.3 Å². The predicted octanol–water partition coefficient (Wildman–Crippen LogP) is 2.87. The molecule has 1 fully saturated rings. The number of piperidine rings is 1. The molecular weight excluding hydrogens is 285 g/mol. The fraction of sp³-hybridized carbons (Fsp3) is 0.500. The van der Waals surface area contributed by atoms with Gasteiger partial charge >= 0.3 is 0 Å². The third-order valence-corrected chi connectivity index (χ3v) is 3.89. The van der Waals surface area contributed by atoms with Gasteiger partial charge in [-0.2, -0.15) is 0 Å². The standard InChI is InChI=1S/C14H17Cl2NO2/c15-13-2-1-10(8-14(13)16)7-11(18)9-19-12-3-5-17-6-4-12/h1-2,8,12,17H,3-7,9H2. The largest absolute Gasteiger partial charge is 0.370 e. The molecule has 1 aromatic rings. The molecule has 0 aliphatic carbocycles. The Kier molecular flexibility index (Phi) is 5.64. The molecule has 0 unspecified atom stereocenters. The molecule has 1 N–H and O–H groups in total. The molecule has 1 aliphatic heterocycles. The zero-order valence-electron chi connectivity index (χ0n) is 10.6. The zero-order valence-corrected chi connectivity index (χ0v) is 12.1. The fourth-order valence-electron chi connectivity index (χ4n) is 2.10. The molecule has 1 saturated heterocycles. The number of carbonyl (C=O) groups excluding carboxylic acids is 1. The van der Waals surface area contributed by atoms with E-state index in [0.29, 0.717) is 16.5 Å². The average Bonchev–Trinajstić information content (AvgIpc) is 2.42. The van der Waals surface area contributed by atoms with Crippen LogP contribution >= 0.6 is 23.2 Å². The lowest BCUT2D eigenvalue weighted by Crippen LogP contribution is -2.33. The zero-order chi connectivity index (χ0) is 13.7. The first-order valence-electron chi connectivity index (χ1n) is 6.43. The van der Waals surface area contributed by atoms with E-state index in [-0.39, 0.29) is 18.5 Å². The van der Waals surface area contributed by atoms with Crippen molar-refractivity contribution in [3.63, 3.8) is 0 Å². The summed E-state index contributed by atoms with van der Waals surface area (Å²) in [6.45, 7) is 2.10. The van der Waals surface area contributed by atoms with Gasteiger partial charge in [0.15, 0.2) is 5.78 Å². The van der Waals surface area contributed by atoms with Gasteiger partial charge in [0.25, 0.3) is 0 Å². The summed E-state index contributed by atoms with van der Waals surface area (Å²) in [4.78, 5) is 11.8. The number of hydrogen-bond donors (Lipinski definition) is 1. The van der Waals surface area contributed by atoms with Crippen LogP contribution in [-0.4, -0.2) is 31.6 Å². The third-order valence-electron chi connectivity index (χ3n) is 3.15. The van der Waals surface area contributed by atoms with Crippen LogP contribution in [0.3, 0.4) is 0 Å². The molecule has 104 valence electrons. The number of rotatable bonds is 5. The minimum Gasteiger partial charge on any atom is -0.370 e. The van der Waals surface area contributed by atoms with Crippen LogP contribution in [0, 0.1) is 0 Å². The molecule has 5 heteroatoms. The van der Waals surface area contributed by atoms with Crippen molar-refractivity contribution >= 4 is 29.0 Å². The summed E-state index contributed by atoms with van der Waals surface area (Å²) >= 11 is 11.7. The number of carbonyl (C=O) groups is 1. The molecule has 19 heavy (non-hydrogen) atoms. The average molecular weight is 302 g/mol. The van der Waals surface area contributed by atoms with Gasteiger partial charge < -0.3 is 10.1 Å². The lowest BCUT2D eigenvalue weighted by Gasteiger charge is -2.22. The summed E-state index contributed by atoms with van der Waals surface area (Å²) in [6, 6.07) is 5.25. The Morgan fingerprint density at radius 2 is 2.00 bits per heavy atom. The van der Waals surface area contributed by atoms with Crippen LogP contribution in [0.4, 0.5) is 0 Å². The molecule has 2 rings (SSSR count). The highest BCUT2D eigenvalue weighted by Gasteiger charge is 2.15. The second kappa shape index (κ2) is 7.25. The van der Waals surface area contributed by atoms with E-state index < -0.39 is 0 Å². The van der Waals surface area contributed by atoms with Crippen LogP contribution < -0.4 is 5.32 Å². The van der Waals surface area contributed by atoms with Crippen molar-refractivity contribution in [3.8, 4) is 0 Å². The summed E-state index contributed by atoms with van der Waals surface area (Å²) < 4.78 is 5.62. The van der Waals surface area contributed by atoms with E-state index in [9.17, 15) is 4.79 Å². The summed E-state index contributed by atoms with van der Waals surface area (Å²) in [5.41, 5.74) is 0.869. The number of ether oxygens (including phenoxy) is 1. The molecule has 1 aromatic carbocycles. The van der Waals surface area contributed by atoms with Crippen molar-refractivity contribution < 1.29 is 9.53 Å². The third kappa shape index (κ3) is 4.77. The number of hydrogen-bond acceptors (Lipinski definition) is 3. The van der Waals surface area contributed by atoms with Crippen molar-refractivity contribution in [2.24, 2.45) is 0 Å². The highest BCUT2D eigenvalue weighted by atomic mass is 35.5. The van der Waals surface area contributed by atoms with Crippen molar-refractivity contribution in [2.45, 2.75) is 25.4 Å². The lowest BCUT2D eigenvalue weighted by atomic mass is 10.1. The molecule has 3 nitrogen and oxygen atoms in total. The molecule has 0 bridgehead atoms. The first-order valence-corrected chi connectivity index (χ1v) is 7.18. The van der Waals surface area contributed by atoms with E-state index in [0.717, 1.165) is 31.5 Å². The van der Waals surface area contributed by atoms with E-state index in [1.165, 1.54) is 0 Å². The monoisotopic (exact) mass is 301 g/mol. The van der Waals surface area contributed by atoms with Crippen molar-refractivity contribution in [1.82, 2.24) is 5.32 Å². The maximum atomic E-state index is 11.8. The highest BCUT2D eigenvalue weighted by Crippen LogP contribution is 2.22. The van der Waals surface area contributed by atoms with E-state index in [2.05, 4.69) is 5.32 Å². The highest BCUT2D eigenvalue weighted by molar-refractivity contribution is 6.42. The molecule has 1 heterocycles. The van der Waals surface area contributed by atoms with Gasteiger partial charge in [0.05, 0.1) is 16.1 Å². The Bertz CT molecular complexity index is 445. The molecule has 0 radical (unpaired) electrons. The van der Waals surface area contributed by atoms with Gasteiger partial charge in [0.1, 0.15) is 6.61 Å². The smallest absolute Gasteiger partial charge is 0.162 e. The van der Waals surface area contributed by atoms with E-state index in [4.69, 9.17) is 27.9 Å². The Balaban J connectivity index is 1.78. The van der Waals surface area contributed by atoms with Crippen LogP contribution in [0.5, 0.6) is 0 Å². The normalized spacial score (nSPS) is 16.5. The molecule has 0 saturated carbocycles. The number of ketones is 1. The second-order valence-electron chi connectivity index (χ2n) is 4.72. The molecule has 0 amide bonds. The minimum absolute atomic E-state index is 0.0666. The first-order chi connectivity index (χ1) is 9.15. The molecular formula is C14H17Cl2NO2. The Morgan fingerprint density at radius 1 is 1.26 bits per heavy atom. The van der Waals surface area contributed by atoms with E-state index in [1.54, 1.807) is 12.1 Å². The van der Waals surface area contributed by atoms with Crippen LogP contribution in [0.1, 0.15) is 18.4 Å². The maximum Gasteiger partial charge on any atom is 0.162 e. The van der Waals surface area contributed by atoms with Crippen molar-refractivity contribution in [2.75, 3.05) is 19.7 Å². The van der Waals surface area contributed by atoms with E-state index in [1.807, 2.05) is 6.07 Å². The van der Waals surface area contributed by atoms with Gasteiger partial charge in [-0.3, -0.25) is 4.79 Å². The summed E-state index contributed by atoms with van der Waals surface area (Å²) in [5, 5.41) is 4.24. The summed E-state index contributed by atoms with van der Waals surface area (Å²) in [5.74, 6) is 0.0666. The van der Waals surface area contributed by atoms with Gasteiger partial charge in [-0.05, 0) is 43.6 Å². The lowest BCUT2D eigenvalue weighted by molar-refractivity contribution is -0.125. The Hall–Kier alpha value is -0.610. The summed E-state index contributed by atoms with van der Waals surface area (Å²) in [7, 11) is 0. The Labute approximate surface area is 123 Å². The quantitative estimate of drug-likeness (QED) is 0.909. The molecule has 0 atom stereocenters. The molecule has 1 aliphatic rings. The van der Waals surface area contributed by atoms with Gasteiger partial charge in [-0.15, -0.1) is 0 Å². The van der Waals surface area contributed by atoms with Gasteiger partial charge in [-0.25, -0.2) is 0 Å². The number of Topliss-reactive ketones (excluding diaryl/α,β-unsaturated/α-hetero) is 1. The Morgan fingerprint density at radius 3 is 2.68 bits per heavy atom. The molecule has 0 aromatic heterocycles. The van der Waals surface area contributed by atoms with Gasteiger partial charge in [0, 0.05) is 6.42 Å². The van der Waals surface area contributed by atoms with Crippen LogP contribution in [0.15, 0.2) is 18.2 Å². The first kappa shape index (κ1) is 14.8. The maximum absolute atomic E-state index is 11.8. The van der Waals surface area contributed by atoms with Crippen molar-refractivity contribution in [1.29, 1.82) is 0 Å². The van der Waals surface area contributed by atoms with Crippen LogP contribution in [-0.2, 0) is 16.0 Å². The van der Waals surface area contributed by atoms with Gasteiger partial charge in [0.2, 0.25) is 0 Å². The SMILES string of the molecule is O=C(COC1CCNCC1)Cc1ccc(Cl)c(Cl)c1. The van der Waals surface area contributed by atoms with Crippen molar-refractivity contribution in [3.05, 3.63) is 33.8 Å². The molecule has 0 spiro atoms. The van der Waals surface area contributed by atoms with Crippen LogP contribution in [0.2, 0.25) is 10.0 Å². The number of benzene rings is 1. The predicted molar refractivity (Wildman–Crippen MR) is 77.0 cm³/mol. The minimum atomic E-state index is 0.0666. The summed E-state index contributed by atoms with van der Waals surface area (Å²) in [6.07, 6.45) is 2.49.